The van der Waals surface area contributed by atoms with Gasteiger partial charge in [0.25, 0.3) is 0 Å². The van der Waals surface area contributed by atoms with Crippen LogP contribution in [-0.4, -0.2) is 41.5 Å². The molecule has 24 heavy (non-hydrogen) atoms. The molecule has 4 nitrogen and oxygen atoms in total. The second-order valence-corrected chi connectivity index (χ2v) is 8.42. The summed E-state index contributed by atoms with van der Waals surface area (Å²) in [6.07, 6.45) is 6.77. The molecule has 1 aliphatic rings. The summed E-state index contributed by atoms with van der Waals surface area (Å²) in [6.45, 7) is 5.32. The Bertz CT molecular complexity index is 684. The van der Waals surface area contributed by atoms with E-state index in [0.29, 0.717) is 13.2 Å². The van der Waals surface area contributed by atoms with Gasteiger partial charge in [0.15, 0.2) is 11.4 Å². The molecule has 0 aliphatic heterocycles. The van der Waals surface area contributed by atoms with Gasteiger partial charge in [-0.3, -0.25) is 0 Å². The Morgan fingerprint density at radius 2 is 1.88 bits per heavy atom. The third-order valence-electron chi connectivity index (χ3n) is 4.00. The van der Waals surface area contributed by atoms with Crippen molar-refractivity contribution in [1.29, 1.82) is 0 Å². The van der Waals surface area contributed by atoms with E-state index in [1.807, 2.05) is 31.4 Å². The molecule has 2 aromatic rings. The molecule has 0 bridgehead atoms. The Kier molecular flexibility index (Phi) is 6.80. The van der Waals surface area contributed by atoms with Crippen molar-refractivity contribution in [1.82, 2.24) is 9.97 Å². The highest BCUT2D eigenvalue weighted by Gasteiger charge is 2.22. The van der Waals surface area contributed by atoms with Crippen LogP contribution in [0.3, 0.4) is 0 Å². The lowest BCUT2D eigenvalue weighted by Gasteiger charge is -2.17. The summed E-state index contributed by atoms with van der Waals surface area (Å²) >= 11 is 5.20. The molecule has 0 amide bonds. The molecule has 2 aromatic heterocycles. The van der Waals surface area contributed by atoms with Crippen LogP contribution in [0.2, 0.25) is 0 Å². The number of rotatable bonds is 8. The summed E-state index contributed by atoms with van der Waals surface area (Å²) in [7, 11) is 0. The highest BCUT2D eigenvalue weighted by atomic mass is 32.2. The standard InChI is InChI=1S/C17H24N2O2S3/c1-4-20-13(21-5-2)10-23-15-14-11-8-6-7-9-12(11)24-16(14)19-17(18-15)22-3/h13H,4-10H2,1-3H3. The number of ether oxygens (including phenoxy) is 2. The summed E-state index contributed by atoms with van der Waals surface area (Å²) < 4.78 is 11.4. The minimum absolute atomic E-state index is 0.179. The van der Waals surface area contributed by atoms with Gasteiger partial charge in [-0.25, -0.2) is 9.97 Å². The summed E-state index contributed by atoms with van der Waals surface area (Å²) in [4.78, 5) is 12.2. The molecule has 0 spiro atoms. The minimum Gasteiger partial charge on any atom is -0.352 e. The molecule has 132 valence electrons. The van der Waals surface area contributed by atoms with E-state index in [1.165, 1.54) is 35.1 Å². The quantitative estimate of drug-likeness (QED) is 0.282. The molecular weight excluding hydrogens is 360 g/mol. The van der Waals surface area contributed by atoms with E-state index in [1.54, 1.807) is 23.5 Å². The molecule has 0 atom stereocenters. The van der Waals surface area contributed by atoms with Crippen molar-refractivity contribution in [3.05, 3.63) is 10.4 Å². The second-order valence-electron chi connectivity index (χ2n) is 5.56. The molecule has 0 aromatic carbocycles. The molecule has 7 heteroatoms. The molecule has 1 aliphatic carbocycles. The van der Waals surface area contributed by atoms with Crippen LogP contribution in [0.25, 0.3) is 10.2 Å². The highest BCUT2D eigenvalue weighted by molar-refractivity contribution is 7.99. The minimum atomic E-state index is -0.179. The Morgan fingerprint density at radius 3 is 2.58 bits per heavy atom. The van der Waals surface area contributed by atoms with E-state index >= 15 is 0 Å². The van der Waals surface area contributed by atoms with E-state index in [9.17, 15) is 0 Å². The first kappa shape index (κ1) is 18.5. The van der Waals surface area contributed by atoms with Crippen LogP contribution in [0.5, 0.6) is 0 Å². The Labute approximate surface area is 156 Å². The Balaban J connectivity index is 1.91. The van der Waals surface area contributed by atoms with Gasteiger partial charge in [0, 0.05) is 23.5 Å². The first-order valence-electron chi connectivity index (χ1n) is 8.49. The summed E-state index contributed by atoms with van der Waals surface area (Å²) in [6, 6.07) is 0. The van der Waals surface area contributed by atoms with Crippen LogP contribution in [0.1, 0.15) is 37.1 Å². The maximum atomic E-state index is 5.68. The van der Waals surface area contributed by atoms with E-state index in [2.05, 4.69) is 0 Å². The number of aromatic nitrogens is 2. The predicted molar refractivity (Wildman–Crippen MR) is 104 cm³/mol. The van der Waals surface area contributed by atoms with Gasteiger partial charge in [0.1, 0.15) is 9.86 Å². The lowest BCUT2D eigenvalue weighted by molar-refractivity contribution is -0.120. The molecule has 0 unspecified atom stereocenters. The molecule has 0 fully saturated rings. The fourth-order valence-corrected chi connectivity index (χ4v) is 5.77. The van der Waals surface area contributed by atoms with Gasteiger partial charge >= 0.3 is 0 Å². The number of hydrogen-bond acceptors (Lipinski definition) is 7. The van der Waals surface area contributed by atoms with Crippen molar-refractivity contribution >= 4 is 45.1 Å². The number of nitrogens with zero attached hydrogens (tertiary/aromatic N) is 2. The number of thiophene rings is 1. The van der Waals surface area contributed by atoms with Gasteiger partial charge in [-0.1, -0.05) is 11.8 Å². The van der Waals surface area contributed by atoms with Crippen LogP contribution < -0.4 is 0 Å². The molecule has 0 radical (unpaired) electrons. The lowest BCUT2D eigenvalue weighted by Crippen LogP contribution is -2.20. The van der Waals surface area contributed by atoms with Gasteiger partial charge in [-0.2, -0.15) is 0 Å². The van der Waals surface area contributed by atoms with Crippen molar-refractivity contribution in [3.8, 4) is 0 Å². The normalized spacial score (nSPS) is 14.5. The summed E-state index contributed by atoms with van der Waals surface area (Å²) in [5, 5.41) is 3.23. The summed E-state index contributed by atoms with van der Waals surface area (Å²) in [5.41, 5.74) is 1.49. The maximum Gasteiger partial charge on any atom is 0.189 e. The van der Waals surface area contributed by atoms with Crippen LogP contribution in [-0.2, 0) is 22.3 Å². The van der Waals surface area contributed by atoms with Gasteiger partial charge in [0.2, 0.25) is 0 Å². The van der Waals surface area contributed by atoms with Crippen LogP contribution in [0.4, 0.5) is 0 Å². The zero-order valence-corrected chi connectivity index (χ0v) is 16.9. The van der Waals surface area contributed by atoms with E-state index < -0.39 is 0 Å². The van der Waals surface area contributed by atoms with Crippen molar-refractivity contribution in [3.63, 3.8) is 0 Å². The fraction of sp³-hybridized carbons (Fsp3) is 0.647. The number of fused-ring (bicyclic) bond motifs is 3. The third kappa shape index (κ3) is 4.07. The monoisotopic (exact) mass is 384 g/mol. The number of hydrogen-bond donors (Lipinski definition) is 0. The zero-order chi connectivity index (χ0) is 16.9. The average Bonchev–Trinajstić information content (AvgIpc) is 2.98. The maximum absolute atomic E-state index is 5.68. The first-order valence-corrected chi connectivity index (χ1v) is 11.5. The van der Waals surface area contributed by atoms with Crippen LogP contribution in [0, 0.1) is 0 Å². The molecule has 3 rings (SSSR count). The first-order chi connectivity index (χ1) is 11.8. The van der Waals surface area contributed by atoms with Gasteiger partial charge in [-0.15, -0.1) is 23.1 Å². The predicted octanol–water partition coefficient (Wildman–Crippen LogP) is 4.78. The van der Waals surface area contributed by atoms with Crippen molar-refractivity contribution in [2.24, 2.45) is 0 Å². The smallest absolute Gasteiger partial charge is 0.189 e. The topological polar surface area (TPSA) is 44.2 Å². The fourth-order valence-electron chi connectivity index (χ4n) is 2.96. The van der Waals surface area contributed by atoms with E-state index in [-0.39, 0.29) is 6.29 Å². The van der Waals surface area contributed by atoms with E-state index in [0.717, 1.165) is 27.2 Å². The van der Waals surface area contributed by atoms with Crippen molar-refractivity contribution in [2.75, 3.05) is 25.2 Å². The third-order valence-corrected chi connectivity index (χ3v) is 6.75. The number of aryl methyl sites for hydroxylation is 2. The largest absolute Gasteiger partial charge is 0.352 e. The lowest BCUT2D eigenvalue weighted by atomic mass is 9.97. The number of thioether (sulfide) groups is 2. The van der Waals surface area contributed by atoms with Gasteiger partial charge in [-0.05, 0) is 51.3 Å². The van der Waals surface area contributed by atoms with Gasteiger partial charge < -0.3 is 9.47 Å². The second kappa shape index (κ2) is 8.85. The van der Waals surface area contributed by atoms with E-state index in [4.69, 9.17) is 19.4 Å². The molecular formula is C17H24N2O2S3. The highest BCUT2D eigenvalue weighted by Crippen LogP contribution is 2.40. The Morgan fingerprint density at radius 1 is 1.12 bits per heavy atom. The SMILES string of the molecule is CCOC(CSc1nc(SC)nc2sc3c(c12)CCCC3)OCC. The molecule has 0 N–H and O–H groups in total. The summed E-state index contributed by atoms with van der Waals surface area (Å²) in [5.74, 6) is 0.756. The Hall–Kier alpha value is -0.340. The zero-order valence-electron chi connectivity index (χ0n) is 14.5. The van der Waals surface area contributed by atoms with Crippen molar-refractivity contribution in [2.45, 2.75) is 56.0 Å². The molecule has 0 saturated heterocycles. The van der Waals surface area contributed by atoms with Crippen LogP contribution in [0.15, 0.2) is 10.2 Å². The van der Waals surface area contributed by atoms with Gasteiger partial charge in [0.05, 0.1) is 5.75 Å². The molecule has 0 saturated carbocycles. The van der Waals surface area contributed by atoms with Crippen LogP contribution >= 0.6 is 34.9 Å². The molecule has 2 heterocycles. The van der Waals surface area contributed by atoms with Crippen molar-refractivity contribution < 1.29 is 9.47 Å². The average molecular weight is 385 g/mol.